The van der Waals surface area contributed by atoms with Gasteiger partial charge in [0.15, 0.2) is 0 Å². The molecule has 112 valence electrons. The van der Waals surface area contributed by atoms with E-state index in [4.69, 9.17) is 0 Å². The highest BCUT2D eigenvalue weighted by atomic mass is 16.6. The Morgan fingerprint density at radius 3 is 2.71 bits per heavy atom. The lowest BCUT2D eigenvalue weighted by Gasteiger charge is -2.41. The fourth-order valence-electron chi connectivity index (χ4n) is 2.86. The molecule has 2 aromatic rings. The van der Waals surface area contributed by atoms with Crippen LogP contribution in [-0.4, -0.2) is 39.0 Å². The number of rotatable bonds is 2. The number of carbonyl (C=O) groups excluding carboxylic acids is 1. The molecule has 0 spiro atoms. The standard InChI is InChI=1S/C15H19N3O3/c1-10-5-7-15(20,8-6-10)18(2)14(19)11-3-4-12-13(9-11)17-21-16-12/h3-4,9-10,20H,5-8H2,1-2H3. The Bertz CT molecular complexity index is 659. The zero-order valence-corrected chi connectivity index (χ0v) is 12.2. The zero-order valence-electron chi connectivity index (χ0n) is 12.2. The molecule has 1 amide bonds. The lowest BCUT2D eigenvalue weighted by Crippen LogP contribution is -2.51. The number of benzene rings is 1. The van der Waals surface area contributed by atoms with E-state index in [1.807, 2.05) is 0 Å². The van der Waals surface area contributed by atoms with Gasteiger partial charge < -0.3 is 10.0 Å². The van der Waals surface area contributed by atoms with Gasteiger partial charge in [-0.15, -0.1) is 0 Å². The van der Waals surface area contributed by atoms with Crippen LogP contribution in [0.2, 0.25) is 0 Å². The van der Waals surface area contributed by atoms with Crippen molar-refractivity contribution in [2.24, 2.45) is 5.92 Å². The maximum absolute atomic E-state index is 12.6. The van der Waals surface area contributed by atoms with E-state index >= 15 is 0 Å². The second-order valence-electron chi connectivity index (χ2n) is 6.00. The summed E-state index contributed by atoms with van der Waals surface area (Å²) in [4.78, 5) is 14.0. The Kier molecular flexibility index (Phi) is 3.41. The minimum absolute atomic E-state index is 0.211. The Hall–Kier alpha value is -1.95. The van der Waals surface area contributed by atoms with Crippen molar-refractivity contribution in [2.75, 3.05) is 7.05 Å². The largest absolute Gasteiger partial charge is 0.371 e. The molecule has 6 heteroatoms. The number of aromatic nitrogens is 2. The van der Waals surface area contributed by atoms with Gasteiger partial charge in [-0.25, -0.2) is 4.63 Å². The topological polar surface area (TPSA) is 79.5 Å². The molecule has 1 aromatic heterocycles. The zero-order chi connectivity index (χ0) is 15.0. The summed E-state index contributed by atoms with van der Waals surface area (Å²) in [6.45, 7) is 2.17. The first kappa shape index (κ1) is 14.0. The highest BCUT2D eigenvalue weighted by Gasteiger charge is 2.38. The van der Waals surface area contributed by atoms with E-state index in [2.05, 4.69) is 21.9 Å². The van der Waals surface area contributed by atoms with Gasteiger partial charge in [0.05, 0.1) is 0 Å². The SMILES string of the molecule is CC1CCC(O)(N(C)C(=O)c2ccc3nonc3c2)CC1. The quantitative estimate of drug-likeness (QED) is 0.857. The first-order valence-corrected chi connectivity index (χ1v) is 7.22. The van der Waals surface area contributed by atoms with Crippen LogP contribution in [0.5, 0.6) is 0 Å². The second-order valence-corrected chi connectivity index (χ2v) is 6.00. The number of hydrogen-bond acceptors (Lipinski definition) is 5. The number of aliphatic hydroxyl groups is 1. The van der Waals surface area contributed by atoms with E-state index in [0.29, 0.717) is 35.4 Å². The van der Waals surface area contributed by atoms with Gasteiger partial charge >= 0.3 is 0 Å². The van der Waals surface area contributed by atoms with Crippen LogP contribution in [0.1, 0.15) is 43.0 Å². The molecule has 6 nitrogen and oxygen atoms in total. The van der Waals surface area contributed by atoms with Crippen LogP contribution >= 0.6 is 0 Å². The van der Waals surface area contributed by atoms with Crippen LogP contribution in [0.25, 0.3) is 11.0 Å². The van der Waals surface area contributed by atoms with Crippen molar-refractivity contribution in [3.63, 3.8) is 0 Å². The molecule has 0 aliphatic heterocycles. The Labute approximate surface area is 122 Å². The summed E-state index contributed by atoms with van der Waals surface area (Å²) in [6, 6.07) is 5.01. The first-order chi connectivity index (χ1) is 9.99. The van der Waals surface area contributed by atoms with Crippen molar-refractivity contribution in [1.82, 2.24) is 15.2 Å². The molecule has 1 heterocycles. The van der Waals surface area contributed by atoms with Gasteiger partial charge in [-0.1, -0.05) is 6.92 Å². The van der Waals surface area contributed by atoms with Gasteiger partial charge in [0, 0.05) is 12.6 Å². The van der Waals surface area contributed by atoms with Crippen LogP contribution in [0, 0.1) is 5.92 Å². The summed E-state index contributed by atoms with van der Waals surface area (Å²) in [7, 11) is 1.66. The molecule has 0 saturated heterocycles. The van der Waals surface area contributed by atoms with Crippen molar-refractivity contribution >= 4 is 16.9 Å². The third-order valence-electron chi connectivity index (χ3n) is 4.50. The lowest BCUT2D eigenvalue weighted by atomic mass is 9.84. The fraction of sp³-hybridized carbons (Fsp3) is 0.533. The molecule has 3 rings (SSSR count). The summed E-state index contributed by atoms with van der Waals surface area (Å²) in [5.74, 6) is 0.392. The van der Waals surface area contributed by atoms with Crippen LogP contribution in [0.4, 0.5) is 0 Å². The predicted octanol–water partition coefficient (Wildman–Crippen LogP) is 2.19. The molecule has 1 aliphatic rings. The number of amides is 1. The maximum atomic E-state index is 12.6. The summed E-state index contributed by atoms with van der Waals surface area (Å²) < 4.78 is 4.63. The molecular formula is C15H19N3O3. The van der Waals surface area contributed by atoms with Crippen molar-refractivity contribution in [2.45, 2.75) is 38.3 Å². The molecular weight excluding hydrogens is 270 g/mol. The molecule has 1 aromatic carbocycles. The Balaban J connectivity index is 1.83. The molecule has 1 fully saturated rings. The van der Waals surface area contributed by atoms with E-state index in [-0.39, 0.29) is 5.91 Å². The average molecular weight is 289 g/mol. The minimum Gasteiger partial charge on any atom is -0.371 e. The number of fused-ring (bicyclic) bond motifs is 1. The fourth-order valence-corrected chi connectivity index (χ4v) is 2.86. The monoisotopic (exact) mass is 289 g/mol. The van der Waals surface area contributed by atoms with Crippen LogP contribution < -0.4 is 0 Å². The van der Waals surface area contributed by atoms with Crippen LogP contribution in [0.15, 0.2) is 22.8 Å². The molecule has 1 saturated carbocycles. The van der Waals surface area contributed by atoms with Gasteiger partial charge in [0.25, 0.3) is 5.91 Å². The van der Waals surface area contributed by atoms with E-state index in [9.17, 15) is 9.90 Å². The Morgan fingerprint density at radius 1 is 1.33 bits per heavy atom. The summed E-state index contributed by atoms with van der Waals surface area (Å²) in [5, 5.41) is 18.2. The molecule has 0 atom stereocenters. The summed E-state index contributed by atoms with van der Waals surface area (Å²) in [6.07, 6.45) is 3.09. The predicted molar refractivity (Wildman–Crippen MR) is 76.5 cm³/mol. The van der Waals surface area contributed by atoms with E-state index in [1.165, 1.54) is 4.90 Å². The van der Waals surface area contributed by atoms with Gasteiger partial charge in [-0.05, 0) is 60.1 Å². The van der Waals surface area contributed by atoms with Crippen molar-refractivity contribution in [1.29, 1.82) is 0 Å². The average Bonchev–Trinajstić information content (AvgIpc) is 2.96. The number of carbonyl (C=O) groups is 1. The van der Waals surface area contributed by atoms with Gasteiger partial charge in [-0.2, -0.15) is 0 Å². The van der Waals surface area contributed by atoms with Crippen molar-refractivity contribution in [3.8, 4) is 0 Å². The molecule has 1 aliphatic carbocycles. The van der Waals surface area contributed by atoms with Crippen LogP contribution in [-0.2, 0) is 0 Å². The smallest absolute Gasteiger partial charge is 0.255 e. The van der Waals surface area contributed by atoms with Crippen molar-refractivity contribution < 1.29 is 14.5 Å². The lowest BCUT2D eigenvalue weighted by molar-refractivity contribution is -0.106. The third-order valence-corrected chi connectivity index (χ3v) is 4.50. The highest BCUT2D eigenvalue weighted by Crippen LogP contribution is 2.34. The molecule has 21 heavy (non-hydrogen) atoms. The van der Waals surface area contributed by atoms with Gasteiger partial charge in [-0.3, -0.25) is 4.79 Å². The second kappa shape index (κ2) is 5.11. The minimum atomic E-state index is -1.05. The first-order valence-electron chi connectivity index (χ1n) is 7.22. The molecule has 1 N–H and O–H groups in total. The van der Waals surface area contributed by atoms with E-state index in [1.54, 1.807) is 25.2 Å². The molecule has 0 bridgehead atoms. The Morgan fingerprint density at radius 2 is 2.00 bits per heavy atom. The van der Waals surface area contributed by atoms with Crippen molar-refractivity contribution in [3.05, 3.63) is 23.8 Å². The third kappa shape index (κ3) is 2.51. The number of nitrogens with zero attached hydrogens (tertiary/aromatic N) is 3. The summed E-state index contributed by atoms with van der Waals surface area (Å²) >= 11 is 0. The van der Waals surface area contributed by atoms with Gasteiger partial charge in [0.1, 0.15) is 16.8 Å². The van der Waals surface area contributed by atoms with Gasteiger partial charge in [0.2, 0.25) is 0 Å². The maximum Gasteiger partial charge on any atom is 0.255 e. The highest BCUT2D eigenvalue weighted by molar-refractivity contribution is 5.97. The van der Waals surface area contributed by atoms with E-state index in [0.717, 1.165) is 12.8 Å². The van der Waals surface area contributed by atoms with Crippen LogP contribution in [0.3, 0.4) is 0 Å². The summed E-state index contributed by atoms with van der Waals surface area (Å²) in [5.41, 5.74) is 0.575. The van der Waals surface area contributed by atoms with E-state index < -0.39 is 5.72 Å². The molecule has 0 radical (unpaired) electrons. The normalized spacial score (nSPS) is 26.0. The molecule has 0 unspecified atom stereocenters. The number of hydrogen-bond donors (Lipinski definition) is 1.